The second-order valence-electron chi connectivity index (χ2n) is 5.46. The van der Waals surface area contributed by atoms with Crippen LogP contribution in [0.3, 0.4) is 0 Å². The number of thioether (sulfide) groups is 1. The summed E-state index contributed by atoms with van der Waals surface area (Å²) in [5.74, 6) is -0.207. The fourth-order valence-corrected chi connectivity index (χ4v) is 3.14. The minimum Gasteiger partial charge on any atom is -0.504 e. The smallest absolute Gasteiger partial charge is 0.416 e. The van der Waals surface area contributed by atoms with Gasteiger partial charge in [0.15, 0.2) is 16.7 Å². The minimum absolute atomic E-state index is 0.0758. The number of alkyl halides is 3. The van der Waals surface area contributed by atoms with Crippen molar-refractivity contribution in [3.8, 4) is 11.5 Å². The van der Waals surface area contributed by atoms with E-state index in [9.17, 15) is 23.1 Å². The van der Waals surface area contributed by atoms with Gasteiger partial charge in [-0.25, -0.2) is 4.99 Å². The molecule has 5 nitrogen and oxygen atoms in total. The number of rotatable bonds is 3. The average molecular weight is 394 g/mol. The number of amidine groups is 1. The molecule has 2 aromatic carbocycles. The highest BCUT2D eigenvalue weighted by molar-refractivity contribution is 8.18. The zero-order valence-corrected chi connectivity index (χ0v) is 14.7. The third kappa shape index (κ3) is 4.43. The molecule has 0 radical (unpaired) electrons. The first kappa shape index (κ1) is 18.8. The molecule has 1 heterocycles. The van der Waals surface area contributed by atoms with Gasteiger partial charge in [0.05, 0.1) is 23.3 Å². The number of nitrogens with one attached hydrogen (secondary N) is 1. The van der Waals surface area contributed by atoms with Crippen molar-refractivity contribution in [2.75, 3.05) is 7.11 Å². The topological polar surface area (TPSA) is 70.9 Å². The standard InChI is InChI=1S/C18H13F3N2O3S/c1-26-14-6-5-10(7-13(14)24)8-15-16(25)23-17(27-15)22-12-4-2-3-11(9-12)18(19,20)21/h2-9,24H,1H3,(H,22,23,25)/b15-8+. The molecule has 1 aliphatic rings. The number of phenolic OH excluding ortho intramolecular Hbond substituents is 1. The van der Waals surface area contributed by atoms with E-state index < -0.39 is 17.6 Å². The summed E-state index contributed by atoms with van der Waals surface area (Å²) in [5.41, 5.74) is -0.176. The number of hydrogen-bond donors (Lipinski definition) is 2. The lowest BCUT2D eigenvalue weighted by Crippen LogP contribution is -2.19. The Morgan fingerprint density at radius 2 is 2.00 bits per heavy atom. The van der Waals surface area contributed by atoms with Crippen molar-refractivity contribution in [3.63, 3.8) is 0 Å². The Labute approximate surface area is 156 Å². The maximum atomic E-state index is 12.8. The van der Waals surface area contributed by atoms with Gasteiger partial charge in [0.1, 0.15) is 0 Å². The zero-order chi connectivity index (χ0) is 19.6. The summed E-state index contributed by atoms with van der Waals surface area (Å²) < 4.78 is 43.3. The largest absolute Gasteiger partial charge is 0.504 e. The van der Waals surface area contributed by atoms with E-state index in [-0.39, 0.29) is 16.6 Å². The van der Waals surface area contributed by atoms with Crippen LogP contribution in [0.2, 0.25) is 0 Å². The minimum atomic E-state index is -4.47. The van der Waals surface area contributed by atoms with E-state index >= 15 is 0 Å². The molecule has 1 aliphatic heterocycles. The summed E-state index contributed by atoms with van der Waals surface area (Å²) in [4.78, 5) is 16.4. The molecule has 3 rings (SSSR count). The van der Waals surface area contributed by atoms with Gasteiger partial charge in [-0.15, -0.1) is 0 Å². The molecule has 0 bridgehead atoms. The normalized spacial score (nSPS) is 17.4. The predicted molar refractivity (Wildman–Crippen MR) is 96.9 cm³/mol. The maximum Gasteiger partial charge on any atom is 0.416 e. The van der Waals surface area contributed by atoms with Crippen LogP contribution in [0.5, 0.6) is 11.5 Å². The van der Waals surface area contributed by atoms with Gasteiger partial charge in [-0.05, 0) is 53.7 Å². The number of methoxy groups -OCH3 is 1. The molecule has 0 saturated carbocycles. The van der Waals surface area contributed by atoms with Crippen LogP contribution < -0.4 is 10.1 Å². The first-order valence-electron chi connectivity index (χ1n) is 7.60. The third-order valence-electron chi connectivity index (χ3n) is 3.56. The van der Waals surface area contributed by atoms with E-state index in [0.29, 0.717) is 16.2 Å². The van der Waals surface area contributed by atoms with Crippen molar-refractivity contribution in [2.45, 2.75) is 6.18 Å². The number of phenols is 1. The van der Waals surface area contributed by atoms with E-state index in [0.717, 1.165) is 23.9 Å². The zero-order valence-electron chi connectivity index (χ0n) is 13.9. The first-order valence-corrected chi connectivity index (χ1v) is 8.42. The fraction of sp³-hybridized carbons (Fsp3) is 0.111. The van der Waals surface area contributed by atoms with Crippen molar-refractivity contribution in [1.82, 2.24) is 5.32 Å². The van der Waals surface area contributed by atoms with Crippen molar-refractivity contribution < 1.29 is 27.8 Å². The van der Waals surface area contributed by atoms with Crippen LogP contribution in [0.15, 0.2) is 52.4 Å². The third-order valence-corrected chi connectivity index (χ3v) is 4.47. The van der Waals surface area contributed by atoms with Crippen LogP contribution in [0.25, 0.3) is 6.08 Å². The van der Waals surface area contributed by atoms with Gasteiger partial charge in [-0.1, -0.05) is 12.1 Å². The fourth-order valence-electron chi connectivity index (χ4n) is 2.30. The number of aliphatic imine (C=N–C) groups is 1. The van der Waals surface area contributed by atoms with Gasteiger partial charge in [0.25, 0.3) is 5.91 Å². The van der Waals surface area contributed by atoms with Crippen LogP contribution in [-0.2, 0) is 11.0 Å². The summed E-state index contributed by atoms with van der Waals surface area (Å²) in [7, 11) is 1.42. The first-order chi connectivity index (χ1) is 12.8. The number of carbonyl (C=O) groups excluding carboxylic acids is 1. The van der Waals surface area contributed by atoms with Crippen LogP contribution >= 0.6 is 11.8 Å². The monoisotopic (exact) mass is 394 g/mol. The van der Waals surface area contributed by atoms with Crippen LogP contribution in [-0.4, -0.2) is 23.3 Å². The molecule has 0 aliphatic carbocycles. The van der Waals surface area contributed by atoms with E-state index in [2.05, 4.69) is 10.3 Å². The highest BCUT2D eigenvalue weighted by atomic mass is 32.2. The van der Waals surface area contributed by atoms with Crippen molar-refractivity contribution in [3.05, 3.63) is 58.5 Å². The number of nitrogens with zero attached hydrogens (tertiary/aromatic N) is 1. The molecular formula is C18H13F3N2O3S. The molecular weight excluding hydrogens is 381 g/mol. The molecule has 2 aromatic rings. The van der Waals surface area contributed by atoms with E-state index in [4.69, 9.17) is 4.74 Å². The van der Waals surface area contributed by atoms with Crippen LogP contribution in [0.1, 0.15) is 11.1 Å². The van der Waals surface area contributed by atoms with Crippen molar-refractivity contribution in [2.24, 2.45) is 4.99 Å². The van der Waals surface area contributed by atoms with Crippen LogP contribution in [0, 0.1) is 0 Å². The SMILES string of the molecule is COc1ccc(/C=C2/SC(=Nc3cccc(C(F)(F)F)c3)NC2=O)cc1O. The van der Waals surface area contributed by atoms with Crippen molar-refractivity contribution >= 4 is 34.6 Å². The molecule has 0 unspecified atom stereocenters. The molecule has 1 fully saturated rings. The van der Waals surface area contributed by atoms with E-state index in [1.54, 1.807) is 12.1 Å². The molecule has 0 spiro atoms. The summed E-state index contributed by atoms with van der Waals surface area (Å²) >= 11 is 0.994. The lowest BCUT2D eigenvalue weighted by Gasteiger charge is -2.06. The predicted octanol–water partition coefficient (Wildman–Crippen LogP) is 4.31. The lowest BCUT2D eigenvalue weighted by molar-refractivity contribution is -0.137. The van der Waals surface area contributed by atoms with Crippen molar-refractivity contribution in [1.29, 1.82) is 0 Å². The lowest BCUT2D eigenvalue weighted by atomic mass is 10.2. The molecule has 1 amide bonds. The summed E-state index contributed by atoms with van der Waals surface area (Å²) in [6.07, 6.45) is -2.93. The van der Waals surface area contributed by atoms with Gasteiger partial charge in [0.2, 0.25) is 0 Å². The molecule has 27 heavy (non-hydrogen) atoms. The number of halogens is 3. The second-order valence-corrected chi connectivity index (χ2v) is 6.49. The number of benzene rings is 2. The highest BCUT2D eigenvalue weighted by Gasteiger charge is 2.30. The number of amides is 1. The molecule has 2 N–H and O–H groups in total. The molecule has 0 atom stereocenters. The quantitative estimate of drug-likeness (QED) is 0.761. The Kier molecular flexibility index (Phi) is 5.13. The number of ether oxygens (including phenoxy) is 1. The maximum absolute atomic E-state index is 12.8. The number of carbonyl (C=O) groups is 1. The van der Waals surface area contributed by atoms with Gasteiger partial charge in [-0.3, -0.25) is 4.79 Å². The van der Waals surface area contributed by atoms with Gasteiger partial charge < -0.3 is 15.2 Å². The Balaban J connectivity index is 1.83. The molecule has 1 saturated heterocycles. The Bertz CT molecular complexity index is 955. The average Bonchev–Trinajstić information content (AvgIpc) is 2.93. The van der Waals surface area contributed by atoms with E-state index in [1.165, 1.54) is 31.4 Å². The van der Waals surface area contributed by atoms with Crippen LogP contribution in [0.4, 0.5) is 18.9 Å². The van der Waals surface area contributed by atoms with E-state index in [1.807, 2.05) is 0 Å². The van der Waals surface area contributed by atoms with Gasteiger partial charge in [-0.2, -0.15) is 13.2 Å². The number of aromatic hydroxyl groups is 1. The highest BCUT2D eigenvalue weighted by Crippen LogP contribution is 2.34. The summed E-state index contributed by atoms with van der Waals surface area (Å²) in [6, 6.07) is 9.16. The molecule has 0 aromatic heterocycles. The number of hydrogen-bond acceptors (Lipinski definition) is 5. The van der Waals surface area contributed by atoms with Gasteiger partial charge in [0, 0.05) is 0 Å². The Morgan fingerprint density at radius 3 is 2.67 bits per heavy atom. The van der Waals surface area contributed by atoms with Gasteiger partial charge >= 0.3 is 6.18 Å². The summed E-state index contributed by atoms with van der Waals surface area (Å²) in [6.45, 7) is 0. The summed E-state index contributed by atoms with van der Waals surface area (Å²) in [5, 5.41) is 12.5. The Hall–Kier alpha value is -2.94. The Morgan fingerprint density at radius 1 is 1.22 bits per heavy atom. The molecule has 9 heteroatoms. The molecule has 140 valence electrons. The second kappa shape index (κ2) is 7.36.